The van der Waals surface area contributed by atoms with Crippen LogP contribution in [0.5, 0.6) is 0 Å². The number of nitrogens with zero attached hydrogens (tertiary/aromatic N) is 2. The number of pyridine rings is 1. The highest BCUT2D eigenvalue weighted by Gasteiger charge is 2.21. The van der Waals surface area contributed by atoms with Crippen LogP contribution in [0.1, 0.15) is 36.6 Å². The Bertz CT molecular complexity index is 309. The average Bonchev–Trinajstić information content (AvgIpc) is 2.20. The zero-order chi connectivity index (χ0) is 9.97. The number of aromatic nitrogens is 1. The van der Waals surface area contributed by atoms with Crippen molar-refractivity contribution in [3.8, 4) is 0 Å². The minimum Gasteiger partial charge on any atom is -0.299 e. The lowest BCUT2D eigenvalue weighted by Crippen LogP contribution is -2.30. The van der Waals surface area contributed by atoms with Gasteiger partial charge >= 0.3 is 0 Å². The quantitative estimate of drug-likeness (QED) is 0.676. The first kappa shape index (κ1) is 9.66. The van der Waals surface area contributed by atoms with Gasteiger partial charge < -0.3 is 0 Å². The Morgan fingerprint density at radius 1 is 1.43 bits per heavy atom. The third-order valence-corrected chi connectivity index (χ3v) is 3.18. The zero-order valence-corrected chi connectivity index (χ0v) is 9.03. The second-order valence-corrected chi connectivity index (χ2v) is 4.17. The Balaban J connectivity index is 2.25. The van der Waals surface area contributed by atoms with E-state index in [0.29, 0.717) is 6.04 Å². The standard InChI is InChI=1S/C12H18N2/c1-10-11(6-5-8-13-10)12-7-3-4-9-14(12)2/h5-6,8,12H,3-4,7,9H2,1-2H3/t12-/m1/s1. The predicted octanol–water partition coefficient (Wildman–Crippen LogP) is 2.55. The van der Waals surface area contributed by atoms with Gasteiger partial charge in [-0.05, 0) is 45.0 Å². The maximum absolute atomic E-state index is 4.36. The number of hydrogen-bond acceptors (Lipinski definition) is 2. The molecule has 0 spiro atoms. The molecule has 1 aliphatic rings. The molecular weight excluding hydrogens is 172 g/mol. The monoisotopic (exact) mass is 190 g/mol. The Morgan fingerprint density at radius 2 is 2.29 bits per heavy atom. The first-order valence-electron chi connectivity index (χ1n) is 5.41. The van der Waals surface area contributed by atoms with E-state index in [1.54, 1.807) is 0 Å². The number of aryl methyl sites for hydroxylation is 1. The number of hydrogen-bond donors (Lipinski definition) is 0. The summed E-state index contributed by atoms with van der Waals surface area (Å²) < 4.78 is 0. The van der Waals surface area contributed by atoms with Crippen LogP contribution in [0, 0.1) is 6.92 Å². The SMILES string of the molecule is Cc1ncccc1[C@H]1CCCCN1C. The van der Waals surface area contributed by atoms with Crippen molar-refractivity contribution in [3.05, 3.63) is 29.6 Å². The predicted molar refractivity (Wildman–Crippen MR) is 58.2 cm³/mol. The third kappa shape index (κ3) is 1.80. The number of rotatable bonds is 1. The van der Waals surface area contributed by atoms with E-state index in [1.165, 1.54) is 37.1 Å². The molecule has 1 atom stereocenters. The summed E-state index contributed by atoms with van der Waals surface area (Å²) in [6, 6.07) is 4.86. The van der Waals surface area contributed by atoms with Gasteiger partial charge in [-0.3, -0.25) is 9.88 Å². The Labute approximate surface area is 86.0 Å². The molecule has 1 aromatic rings. The van der Waals surface area contributed by atoms with Crippen molar-refractivity contribution >= 4 is 0 Å². The topological polar surface area (TPSA) is 16.1 Å². The van der Waals surface area contributed by atoms with E-state index < -0.39 is 0 Å². The van der Waals surface area contributed by atoms with Gasteiger partial charge in [0.2, 0.25) is 0 Å². The summed E-state index contributed by atoms with van der Waals surface area (Å²) >= 11 is 0. The van der Waals surface area contributed by atoms with Crippen LogP contribution in [0.4, 0.5) is 0 Å². The molecule has 2 heteroatoms. The van der Waals surface area contributed by atoms with Gasteiger partial charge in [0.1, 0.15) is 0 Å². The van der Waals surface area contributed by atoms with Gasteiger partial charge in [-0.25, -0.2) is 0 Å². The van der Waals surface area contributed by atoms with Crippen molar-refractivity contribution in [1.29, 1.82) is 0 Å². The lowest BCUT2D eigenvalue weighted by atomic mass is 9.95. The fourth-order valence-electron chi connectivity index (χ4n) is 2.32. The van der Waals surface area contributed by atoms with Crippen LogP contribution in [-0.4, -0.2) is 23.5 Å². The second-order valence-electron chi connectivity index (χ2n) is 4.17. The van der Waals surface area contributed by atoms with Crippen LogP contribution < -0.4 is 0 Å². The molecule has 14 heavy (non-hydrogen) atoms. The van der Waals surface area contributed by atoms with Gasteiger partial charge in [0, 0.05) is 17.9 Å². The first-order valence-corrected chi connectivity index (χ1v) is 5.41. The van der Waals surface area contributed by atoms with E-state index in [-0.39, 0.29) is 0 Å². The normalized spacial score (nSPS) is 23.7. The largest absolute Gasteiger partial charge is 0.299 e. The van der Waals surface area contributed by atoms with Crippen molar-refractivity contribution in [3.63, 3.8) is 0 Å². The molecule has 1 fully saturated rings. The fourth-order valence-corrected chi connectivity index (χ4v) is 2.32. The Kier molecular flexibility index (Phi) is 2.82. The van der Waals surface area contributed by atoms with Crippen LogP contribution in [0.2, 0.25) is 0 Å². The highest BCUT2D eigenvalue weighted by Crippen LogP contribution is 2.30. The van der Waals surface area contributed by atoms with Gasteiger partial charge in [0.15, 0.2) is 0 Å². The summed E-state index contributed by atoms with van der Waals surface area (Å²) in [6.07, 6.45) is 5.85. The first-order chi connectivity index (χ1) is 6.79. The summed E-state index contributed by atoms with van der Waals surface area (Å²) in [6.45, 7) is 3.33. The van der Waals surface area contributed by atoms with Crippen molar-refractivity contribution in [2.45, 2.75) is 32.2 Å². The lowest BCUT2D eigenvalue weighted by molar-refractivity contribution is 0.186. The van der Waals surface area contributed by atoms with E-state index in [4.69, 9.17) is 0 Å². The van der Waals surface area contributed by atoms with E-state index in [9.17, 15) is 0 Å². The van der Waals surface area contributed by atoms with Gasteiger partial charge in [0.25, 0.3) is 0 Å². The molecule has 0 N–H and O–H groups in total. The summed E-state index contributed by atoms with van der Waals surface area (Å²) in [5.74, 6) is 0. The third-order valence-electron chi connectivity index (χ3n) is 3.18. The second kappa shape index (κ2) is 4.09. The molecule has 2 heterocycles. The van der Waals surface area contributed by atoms with Crippen LogP contribution >= 0.6 is 0 Å². The fraction of sp³-hybridized carbons (Fsp3) is 0.583. The molecule has 1 aliphatic heterocycles. The molecule has 0 bridgehead atoms. The van der Waals surface area contributed by atoms with Crippen molar-refractivity contribution in [2.75, 3.05) is 13.6 Å². The van der Waals surface area contributed by atoms with E-state index in [2.05, 4.69) is 29.9 Å². The van der Waals surface area contributed by atoms with Crippen LogP contribution in [0.25, 0.3) is 0 Å². The lowest BCUT2D eigenvalue weighted by Gasteiger charge is -2.33. The molecule has 0 aromatic carbocycles. The molecule has 1 saturated heterocycles. The highest BCUT2D eigenvalue weighted by atomic mass is 15.1. The Hall–Kier alpha value is -0.890. The molecule has 0 radical (unpaired) electrons. The number of piperidine rings is 1. The summed E-state index contributed by atoms with van der Waals surface area (Å²) in [4.78, 5) is 6.81. The molecule has 0 amide bonds. The maximum atomic E-state index is 4.36. The molecule has 2 nitrogen and oxygen atoms in total. The zero-order valence-electron chi connectivity index (χ0n) is 9.03. The molecule has 0 saturated carbocycles. The molecule has 0 aliphatic carbocycles. The average molecular weight is 190 g/mol. The molecule has 0 unspecified atom stereocenters. The van der Waals surface area contributed by atoms with E-state index in [0.717, 1.165) is 0 Å². The van der Waals surface area contributed by atoms with E-state index >= 15 is 0 Å². The van der Waals surface area contributed by atoms with Crippen LogP contribution in [-0.2, 0) is 0 Å². The molecule has 76 valence electrons. The van der Waals surface area contributed by atoms with Crippen molar-refractivity contribution < 1.29 is 0 Å². The van der Waals surface area contributed by atoms with Crippen molar-refractivity contribution in [2.24, 2.45) is 0 Å². The minimum absolute atomic E-state index is 0.595. The smallest absolute Gasteiger partial charge is 0.0420 e. The van der Waals surface area contributed by atoms with Gasteiger partial charge in [-0.15, -0.1) is 0 Å². The Morgan fingerprint density at radius 3 is 3.00 bits per heavy atom. The minimum atomic E-state index is 0.595. The summed E-state index contributed by atoms with van der Waals surface area (Å²) in [5.41, 5.74) is 2.60. The van der Waals surface area contributed by atoms with Crippen LogP contribution in [0.15, 0.2) is 18.3 Å². The summed E-state index contributed by atoms with van der Waals surface area (Å²) in [7, 11) is 2.22. The maximum Gasteiger partial charge on any atom is 0.0420 e. The molecule has 2 rings (SSSR count). The molecule has 1 aromatic heterocycles. The highest BCUT2D eigenvalue weighted by molar-refractivity contribution is 5.22. The van der Waals surface area contributed by atoms with Crippen molar-refractivity contribution in [1.82, 2.24) is 9.88 Å². The molecular formula is C12H18N2. The van der Waals surface area contributed by atoms with Gasteiger partial charge in [-0.2, -0.15) is 0 Å². The van der Waals surface area contributed by atoms with Gasteiger partial charge in [-0.1, -0.05) is 12.5 Å². The van der Waals surface area contributed by atoms with Gasteiger partial charge in [0.05, 0.1) is 0 Å². The van der Waals surface area contributed by atoms with E-state index in [1.807, 2.05) is 12.3 Å². The van der Waals surface area contributed by atoms with Crippen LogP contribution in [0.3, 0.4) is 0 Å². The summed E-state index contributed by atoms with van der Waals surface area (Å²) in [5, 5.41) is 0. The number of likely N-dealkylation sites (tertiary alicyclic amines) is 1.